The molecule has 1 atom stereocenters. The van der Waals surface area contributed by atoms with Gasteiger partial charge in [-0.25, -0.2) is 0 Å². The second-order valence-electron chi connectivity index (χ2n) is 6.75. The van der Waals surface area contributed by atoms with Crippen LogP contribution in [0, 0.1) is 0 Å². The van der Waals surface area contributed by atoms with E-state index in [0.717, 1.165) is 37.3 Å². The van der Waals surface area contributed by atoms with Crippen LogP contribution in [0.1, 0.15) is 44.6 Å². The van der Waals surface area contributed by atoms with E-state index >= 15 is 0 Å². The summed E-state index contributed by atoms with van der Waals surface area (Å²) in [6.45, 7) is 5.92. The van der Waals surface area contributed by atoms with Gasteiger partial charge in [-0.15, -0.1) is 0 Å². The van der Waals surface area contributed by atoms with Crippen LogP contribution in [0.2, 0.25) is 0 Å². The third-order valence-corrected chi connectivity index (χ3v) is 5.08. The topological polar surface area (TPSA) is 48.9 Å². The predicted molar refractivity (Wildman–Crippen MR) is 107 cm³/mol. The van der Waals surface area contributed by atoms with Crippen molar-refractivity contribution in [3.05, 3.63) is 29.8 Å². The predicted octanol–water partition coefficient (Wildman–Crippen LogP) is 3.04. The first-order valence-corrected chi connectivity index (χ1v) is 9.68. The Morgan fingerprint density at radius 3 is 2.64 bits per heavy atom. The van der Waals surface area contributed by atoms with Crippen LogP contribution in [0.25, 0.3) is 0 Å². The molecule has 0 bridgehead atoms. The Kier molecular flexibility index (Phi) is 6.64. The van der Waals surface area contributed by atoms with Crippen molar-refractivity contribution >= 4 is 28.7 Å². The Labute approximate surface area is 155 Å². The fourth-order valence-electron chi connectivity index (χ4n) is 3.32. The maximum absolute atomic E-state index is 5.57. The van der Waals surface area contributed by atoms with Crippen LogP contribution >= 0.6 is 12.2 Å². The lowest BCUT2D eigenvalue weighted by atomic mass is 10.1. The minimum atomic E-state index is 0.271. The number of hydrogen-bond donors (Lipinski definition) is 2. The van der Waals surface area contributed by atoms with Gasteiger partial charge in [-0.1, -0.05) is 12.1 Å². The zero-order valence-corrected chi connectivity index (χ0v) is 15.8. The van der Waals surface area contributed by atoms with Gasteiger partial charge < -0.3 is 15.0 Å². The molecule has 5 nitrogen and oxygen atoms in total. The van der Waals surface area contributed by atoms with Crippen molar-refractivity contribution in [3.63, 3.8) is 0 Å². The van der Waals surface area contributed by atoms with E-state index in [4.69, 9.17) is 17.0 Å². The number of nitrogens with zero attached hydrogens (tertiary/aromatic N) is 2. The van der Waals surface area contributed by atoms with Crippen LogP contribution in [0.3, 0.4) is 0 Å². The Morgan fingerprint density at radius 1 is 1.20 bits per heavy atom. The molecule has 0 amide bonds. The summed E-state index contributed by atoms with van der Waals surface area (Å²) in [4.78, 5) is 2.46. The summed E-state index contributed by atoms with van der Waals surface area (Å²) in [5, 5.41) is 8.10. The molecule has 2 aliphatic heterocycles. The number of hydrogen-bond acceptors (Lipinski definition) is 4. The molecule has 2 aliphatic rings. The van der Waals surface area contributed by atoms with Crippen molar-refractivity contribution in [1.82, 2.24) is 10.7 Å². The Hall–Kier alpha value is -1.66. The summed E-state index contributed by atoms with van der Waals surface area (Å²) in [5.74, 6) is 0. The number of hydrazone groups is 1. The standard InChI is InChI=1S/C19H28N4OS/c1-15(21-22-19(25)20-14-18-6-5-13-24-18)16-7-9-17(10-8-16)23-11-3-2-4-12-23/h7-10,18H,2-6,11-14H2,1H3,(H2,20,22,25)/b21-15-/t18-/m0/s1. The maximum Gasteiger partial charge on any atom is 0.187 e. The largest absolute Gasteiger partial charge is 0.376 e. The van der Waals surface area contributed by atoms with Crippen molar-refractivity contribution in [2.75, 3.05) is 31.1 Å². The van der Waals surface area contributed by atoms with Gasteiger partial charge in [0.2, 0.25) is 0 Å². The van der Waals surface area contributed by atoms with Gasteiger partial charge in [0.05, 0.1) is 11.8 Å². The lowest BCUT2D eigenvalue weighted by Crippen LogP contribution is -2.37. The van der Waals surface area contributed by atoms with E-state index in [-0.39, 0.29) is 6.10 Å². The number of rotatable bonds is 5. The van der Waals surface area contributed by atoms with Gasteiger partial charge in [-0.3, -0.25) is 5.43 Å². The lowest BCUT2D eigenvalue weighted by molar-refractivity contribution is 0.114. The van der Waals surface area contributed by atoms with Crippen molar-refractivity contribution in [2.45, 2.75) is 45.1 Å². The molecular formula is C19H28N4OS. The minimum Gasteiger partial charge on any atom is -0.376 e. The highest BCUT2D eigenvalue weighted by atomic mass is 32.1. The molecule has 0 saturated carbocycles. The van der Waals surface area contributed by atoms with Crippen molar-refractivity contribution in [3.8, 4) is 0 Å². The van der Waals surface area contributed by atoms with E-state index in [1.807, 2.05) is 6.92 Å². The summed E-state index contributed by atoms with van der Waals surface area (Å²) in [6.07, 6.45) is 6.45. The average Bonchev–Trinajstić information content (AvgIpc) is 3.19. The fourth-order valence-corrected chi connectivity index (χ4v) is 3.45. The molecule has 0 unspecified atom stereocenters. The van der Waals surface area contributed by atoms with Gasteiger partial charge in [-0.2, -0.15) is 5.10 Å². The Balaban J connectivity index is 1.48. The summed E-state index contributed by atoms with van der Waals surface area (Å²) in [7, 11) is 0. The highest BCUT2D eigenvalue weighted by Gasteiger charge is 2.15. The number of nitrogens with one attached hydrogen (secondary N) is 2. The molecule has 2 heterocycles. The van der Waals surface area contributed by atoms with Gasteiger partial charge in [0.1, 0.15) is 0 Å². The van der Waals surface area contributed by atoms with Crippen molar-refractivity contribution in [1.29, 1.82) is 0 Å². The summed E-state index contributed by atoms with van der Waals surface area (Å²) in [5.41, 5.74) is 6.26. The molecule has 2 fully saturated rings. The highest BCUT2D eigenvalue weighted by molar-refractivity contribution is 7.80. The van der Waals surface area contributed by atoms with E-state index < -0.39 is 0 Å². The van der Waals surface area contributed by atoms with Crippen LogP contribution < -0.4 is 15.6 Å². The molecule has 25 heavy (non-hydrogen) atoms. The fraction of sp³-hybridized carbons (Fsp3) is 0.579. The SMILES string of the molecule is C/C(=N/NC(=S)NC[C@@H]1CCCO1)c1ccc(N2CCCCC2)cc1. The number of thiocarbonyl (C=S) groups is 1. The van der Waals surface area contributed by atoms with Gasteiger partial charge in [0, 0.05) is 31.9 Å². The van der Waals surface area contributed by atoms with Gasteiger partial charge in [0.15, 0.2) is 5.11 Å². The smallest absolute Gasteiger partial charge is 0.187 e. The molecule has 2 saturated heterocycles. The van der Waals surface area contributed by atoms with E-state index in [9.17, 15) is 0 Å². The third-order valence-electron chi connectivity index (χ3n) is 4.85. The monoisotopic (exact) mass is 360 g/mol. The first-order valence-electron chi connectivity index (χ1n) is 9.27. The molecule has 0 radical (unpaired) electrons. The summed E-state index contributed by atoms with van der Waals surface area (Å²) < 4.78 is 5.57. The number of piperidine rings is 1. The first-order chi connectivity index (χ1) is 12.2. The zero-order valence-electron chi connectivity index (χ0n) is 15.0. The molecule has 0 aromatic heterocycles. The molecule has 3 rings (SSSR count). The molecule has 2 N–H and O–H groups in total. The second kappa shape index (κ2) is 9.15. The number of anilines is 1. The average molecular weight is 361 g/mol. The van der Waals surface area contributed by atoms with Crippen LogP contribution in [0.5, 0.6) is 0 Å². The van der Waals surface area contributed by atoms with E-state index in [0.29, 0.717) is 5.11 Å². The van der Waals surface area contributed by atoms with Crippen LogP contribution in [0.15, 0.2) is 29.4 Å². The van der Waals surface area contributed by atoms with Gasteiger partial charge in [-0.05, 0) is 68.9 Å². The van der Waals surface area contributed by atoms with Crippen LogP contribution in [0.4, 0.5) is 5.69 Å². The quantitative estimate of drug-likeness (QED) is 0.480. The molecule has 6 heteroatoms. The van der Waals surface area contributed by atoms with E-state index in [2.05, 4.69) is 45.0 Å². The highest BCUT2D eigenvalue weighted by Crippen LogP contribution is 2.20. The van der Waals surface area contributed by atoms with Gasteiger partial charge in [0.25, 0.3) is 0 Å². The van der Waals surface area contributed by atoms with Gasteiger partial charge >= 0.3 is 0 Å². The maximum atomic E-state index is 5.57. The van der Waals surface area contributed by atoms with Crippen LogP contribution in [-0.2, 0) is 4.74 Å². The summed E-state index contributed by atoms with van der Waals surface area (Å²) in [6, 6.07) is 8.64. The van der Waals surface area contributed by atoms with Crippen molar-refractivity contribution < 1.29 is 4.74 Å². The molecular weight excluding hydrogens is 332 g/mol. The zero-order chi connectivity index (χ0) is 17.5. The molecule has 136 valence electrons. The van der Waals surface area contributed by atoms with E-state index in [1.54, 1.807) is 0 Å². The Morgan fingerprint density at radius 2 is 1.96 bits per heavy atom. The van der Waals surface area contributed by atoms with Crippen molar-refractivity contribution in [2.24, 2.45) is 5.10 Å². The third kappa shape index (κ3) is 5.41. The first kappa shape index (κ1) is 18.1. The van der Waals surface area contributed by atoms with Crippen LogP contribution in [-0.4, -0.2) is 43.2 Å². The second-order valence-corrected chi connectivity index (χ2v) is 7.16. The van der Waals surface area contributed by atoms with E-state index in [1.165, 1.54) is 38.0 Å². The lowest BCUT2D eigenvalue weighted by Gasteiger charge is -2.28. The summed E-state index contributed by atoms with van der Waals surface area (Å²) >= 11 is 5.27. The Bertz CT molecular complexity index is 590. The molecule has 1 aromatic carbocycles. The molecule has 1 aromatic rings. The minimum absolute atomic E-state index is 0.271. The normalized spacial score (nSPS) is 21.2. The number of ether oxygens (including phenoxy) is 1. The molecule has 0 spiro atoms. The molecule has 0 aliphatic carbocycles. The number of benzene rings is 1.